The molecular formula is C24H33F2N3O5. The molecule has 1 amide bonds. The van der Waals surface area contributed by atoms with Crippen molar-refractivity contribution in [3.05, 3.63) is 28.6 Å². The lowest BCUT2D eigenvalue weighted by Crippen LogP contribution is -2.39. The second-order valence-corrected chi connectivity index (χ2v) is 10.6. The van der Waals surface area contributed by atoms with Crippen LogP contribution in [0.25, 0.3) is 11.0 Å². The van der Waals surface area contributed by atoms with Crippen molar-refractivity contribution in [2.45, 2.75) is 71.6 Å². The minimum absolute atomic E-state index is 0.0203. The Morgan fingerprint density at radius 3 is 2.21 bits per heavy atom. The third-order valence-electron chi connectivity index (χ3n) is 5.62. The number of carbonyl (C=O) groups excluding carboxylic acids is 2. The molecule has 0 saturated heterocycles. The number of fused-ring (bicyclic) bond motifs is 2. The van der Waals surface area contributed by atoms with Crippen molar-refractivity contribution in [3.8, 4) is 0 Å². The van der Waals surface area contributed by atoms with Gasteiger partial charge in [0.2, 0.25) is 0 Å². The lowest BCUT2D eigenvalue weighted by Gasteiger charge is -2.31. The molecule has 1 aliphatic rings. The van der Waals surface area contributed by atoms with E-state index in [4.69, 9.17) is 14.2 Å². The maximum absolute atomic E-state index is 15.4. The zero-order valence-corrected chi connectivity index (χ0v) is 21.0. The Labute approximate surface area is 197 Å². The summed E-state index contributed by atoms with van der Waals surface area (Å²) in [6, 6.07) is -0.794. The number of amides is 1. The van der Waals surface area contributed by atoms with Gasteiger partial charge < -0.3 is 19.2 Å². The first-order chi connectivity index (χ1) is 15.6. The monoisotopic (exact) mass is 481 g/mol. The van der Waals surface area contributed by atoms with Crippen LogP contribution in [0.2, 0.25) is 0 Å². The lowest BCUT2D eigenvalue weighted by atomic mass is 10.1. The molecule has 34 heavy (non-hydrogen) atoms. The van der Waals surface area contributed by atoms with Crippen molar-refractivity contribution in [2.24, 2.45) is 5.92 Å². The van der Waals surface area contributed by atoms with Gasteiger partial charge in [0.05, 0.1) is 25.2 Å². The molecule has 1 heterocycles. The van der Waals surface area contributed by atoms with E-state index in [9.17, 15) is 9.59 Å². The molecule has 3 rings (SSSR count). The minimum Gasteiger partial charge on any atom is -0.469 e. The molecule has 0 bridgehead atoms. The molecule has 0 radical (unpaired) electrons. The van der Waals surface area contributed by atoms with Crippen molar-refractivity contribution in [1.29, 1.82) is 0 Å². The number of methoxy groups -OCH3 is 1. The number of hydrogen-bond acceptors (Lipinski definition) is 6. The minimum atomic E-state index is -0.794. The van der Waals surface area contributed by atoms with Crippen LogP contribution in [0.1, 0.15) is 64.5 Å². The number of aromatic nitrogens is 2. The lowest BCUT2D eigenvalue weighted by molar-refractivity contribution is -0.145. The Hall–Kier alpha value is -2.75. The fourth-order valence-corrected chi connectivity index (χ4v) is 3.91. The summed E-state index contributed by atoms with van der Waals surface area (Å²) in [6.45, 7) is 10.8. The van der Waals surface area contributed by atoms with Gasteiger partial charge in [0.25, 0.3) is 0 Å². The summed E-state index contributed by atoms with van der Waals surface area (Å²) in [5, 5.41) is 0. The van der Waals surface area contributed by atoms with E-state index in [2.05, 4.69) is 9.97 Å². The summed E-state index contributed by atoms with van der Waals surface area (Å²) in [5.41, 5.74) is -1.30. The first kappa shape index (κ1) is 25.9. The van der Waals surface area contributed by atoms with Gasteiger partial charge in [0, 0.05) is 7.05 Å². The van der Waals surface area contributed by atoms with Crippen LogP contribution >= 0.6 is 0 Å². The summed E-state index contributed by atoms with van der Waals surface area (Å²) >= 11 is 0. The predicted octanol–water partition coefficient (Wildman–Crippen LogP) is 4.45. The Morgan fingerprint density at radius 2 is 1.68 bits per heavy atom. The Kier molecular flexibility index (Phi) is 6.94. The van der Waals surface area contributed by atoms with Gasteiger partial charge in [-0.25, -0.2) is 18.6 Å². The van der Waals surface area contributed by atoms with Crippen molar-refractivity contribution in [2.75, 3.05) is 20.8 Å². The normalized spacial score (nSPS) is 15.4. The van der Waals surface area contributed by atoms with Gasteiger partial charge in [-0.1, -0.05) is 0 Å². The highest BCUT2D eigenvalue weighted by atomic mass is 19.1. The quantitative estimate of drug-likeness (QED) is 0.634. The molecule has 1 N–H and O–H groups in total. The molecule has 0 saturated carbocycles. The van der Waals surface area contributed by atoms with Crippen LogP contribution < -0.4 is 0 Å². The number of nitrogens with zero attached hydrogens (tertiary/aromatic N) is 2. The zero-order valence-electron chi connectivity index (χ0n) is 21.0. The summed E-state index contributed by atoms with van der Waals surface area (Å²) in [6.07, 6.45) is -0.541. The molecule has 0 spiro atoms. The third-order valence-corrected chi connectivity index (χ3v) is 5.62. The van der Waals surface area contributed by atoms with E-state index in [-0.39, 0.29) is 47.4 Å². The largest absolute Gasteiger partial charge is 0.469 e. The van der Waals surface area contributed by atoms with Crippen molar-refractivity contribution in [1.82, 2.24) is 14.9 Å². The van der Waals surface area contributed by atoms with Gasteiger partial charge in [0.15, 0.2) is 11.6 Å². The summed E-state index contributed by atoms with van der Waals surface area (Å²) in [7, 11) is 2.77. The Balaban J connectivity index is 2.03. The average molecular weight is 482 g/mol. The highest BCUT2D eigenvalue weighted by Gasteiger charge is 2.36. The summed E-state index contributed by atoms with van der Waals surface area (Å²) in [5.74, 6) is -2.33. The van der Waals surface area contributed by atoms with Crippen LogP contribution in [0.5, 0.6) is 0 Å². The predicted molar refractivity (Wildman–Crippen MR) is 121 cm³/mol. The molecule has 2 unspecified atom stereocenters. The number of nitrogens with one attached hydrogen (secondary N) is 1. The molecular weight excluding hydrogens is 448 g/mol. The molecule has 1 aromatic carbocycles. The van der Waals surface area contributed by atoms with Crippen LogP contribution in [0.15, 0.2) is 0 Å². The number of halogens is 2. The molecule has 1 aromatic heterocycles. The smallest absolute Gasteiger partial charge is 0.410 e. The molecule has 10 heteroatoms. The molecule has 8 nitrogen and oxygen atoms in total. The van der Waals surface area contributed by atoms with Gasteiger partial charge in [-0.3, -0.25) is 9.69 Å². The number of carbonyl (C=O) groups is 2. The fraction of sp³-hybridized carbons (Fsp3) is 0.625. The second kappa shape index (κ2) is 9.13. The molecule has 0 fully saturated rings. The number of imidazole rings is 1. The van der Waals surface area contributed by atoms with E-state index >= 15 is 8.78 Å². The van der Waals surface area contributed by atoms with E-state index in [1.54, 1.807) is 20.8 Å². The highest BCUT2D eigenvalue weighted by molar-refractivity contribution is 5.82. The van der Waals surface area contributed by atoms with Crippen LogP contribution in [-0.2, 0) is 31.8 Å². The second-order valence-electron chi connectivity index (χ2n) is 10.6. The molecule has 0 aliphatic heterocycles. The van der Waals surface area contributed by atoms with E-state index in [0.29, 0.717) is 0 Å². The van der Waals surface area contributed by atoms with E-state index in [0.717, 1.165) is 0 Å². The fourth-order valence-electron chi connectivity index (χ4n) is 3.91. The zero-order chi connectivity index (χ0) is 25.6. The highest BCUT2D eigenvalue weighted by Crippen LogP contribution is 2.37. The maximum Gasteiger partial charge on any atom is 0.410 e. The Morgan fingerprint density at radius 1 is 1.09 bits per heavy atom. The summed E-state index contributed by atoms with van der Waals surface area (Å²) in [4.78, 5) is 33.1. The topological polar surface area (TPSA) is 93.8 Å². The van der Waals surface area contributed by atoms with Crippen LogP contribution in [0.3, 0.4) is 0 Å². The molecule has 2 atom stereocenters. The number of H-pyrrole nitrogens is 1. The number of esters is 1. The number of ether oxygens (including phenoxy) is 3. The average Bonchev–Trinajstić information content (AvgIpc) is 3.35. The van der Waals surface area contributed by atoms with E-state index < -0.39 is 46.9 Å². The first-order valence-corrected chi connectivity index (χ1v) is 11.2. The molecule has 1 aliphatic carbocycles. The first-order valence-electron chi connectivity index (χ1n) is 11.2. The van der Waals surface area contributed by atoms with Gasteiger partial charge >= 0.3 is 12.1 Å². The van der Waals surface area contributed by atoms with Crippen molar-refractivity contribution >= 4 is 23.1 Å². The number of hydrogen-bond donors (Lipinski definition) is 1. The number of rotatable bonds is 5. The summed E-state index contributed by atoms with van der Waals surface area (Å²) < 4.78 is 46.9. The van der Waals surface area contributed by atoms with E-state index in [1.165, 1.54) is 19.1 Å². The molecule has 188 valence electrons. The van der Waals surface area contributed by atoms with Gasteiger partial charge in [-0.15, -0.1) is 0 Å². The molecule has 2 aromatic rings. The number of likely N-dealkylation sites (N-methyl/N-ethyl adjacent to an activating group) is 1. The van der Waals surface area contributed by atoms with E-state index in [1.807, 2.05) is 20.8 Å². The van der Waals surface area contributed by atoms with Gasteiger partial charge in [-0.2, -0.15) is 0 Å². The number of aromatic amines is 1. The van der Waals surface area contributed by atoms with Crippen LogP contribution in [-0.4, -0.2) is 58.9 Å². The van der Waals surface area contributed by atoms with Crippen molar-refractivity contribution in [3.63, 3.8) is 0 Å². The van der Waals surface area contributed by atoms with Crippen LogP contribution in [0, 0.1) is 17.6 Å². The SMILES string of the molecule is COC(=O)C1Cc2c(c(F)c3[nH]c(C(COC(C)(C)C)N(C)C(=O)OC(C)(C)C)nc3c2F)C1. The third kappa shape index (κ3) is 5.32. The van der Waals surface area contributed by atoms with Gasteiger partial charge in [0.1, 0.15) is 28.5 Å². The van der Waals surface area contributed by atoms with Crippen LogP contribution in [0.4, 0.5) is 13.6 Å². The maximum atomic E-state index is 15.4. The van der Waals surface area contributed by atoms with Gasteiger partial charge in [-0.05, 0) is 65.5 Å². The Bertz CT molecular complexity index is 1050. The number of benzene rings is 1. The standard InChI is InChI=1S/C24H33F2N3O5/c1-23(2,3)33-11-15(29(7)22(31)34-24(4,5)6)20-27-18-16(25)13-9-12(21(30)32-8)10-14(13)17(26)19(18)28-20/h12,15H,9-11H2,1-8H3,(H,27,28). The van der Waals surface area contributed by atoms with Crippen molar-refractivity contribution < 1.29 is 32.6 Å².